The van der Waals surface area contributed by atoms with E-state index < -0.39 is 0 Å². The van der Waals surface area contributed by atoms with E-state index in [0.717, 1.165) is 11.3 Å². The molecule has 3 heteroatoms. The normalized spacial score (nSPS) is 9.12. The monoisotopic (exact) mass is 230 g/mol. The summed E-state index contributed by atoms with van der Waals surface area (Å²) in [6.45, 7) is 2.12. The van der Waals surface area contributed by atoms with Crippen molar-refractivity contribution in [2.75, 3.05) is 25.5 Å². The molecule has 0 unspecified atom stereocenters. The molecule has 0 heterocycles. The Morgan fingerprint density at radius 1 is 1.29 bits per heavy atom. The van der Waals surface area contributed by atoms with Crippen molar-refractivity contribution in [1.82, 2.24) is 5.32 Å². The summed E-state index contributed by atoms with van der Waals surface area (Å²) < 4.78 is 0. The van der Waals surface area contributed by atoms with Crippen molar-refractivity contribution in [3.63, 3.8) is 0 Å². The Balaban J connectivity index is 2.46. The summed E-state index contributed by atoms with van der Waals surface area (Å²) in [6.07, 6.45) is 0.676. The Labute approximate surface area is 103 Å². The predicted octanol–water partition coefficient (Wildman–Crippen LogP) is 1.63. The Hall–Kier alpha value is -1.95. The maximum Gasteiger partial charge on any atom is 0.216 e. The van der Waals surface area contributed by atoms with Crippen molar-refractivity contribution in [2.45, 2.75) is 13.3 Å². The fraction of sp³-hybridized carbons (Fsp3) is 0.357. The van der Waals surface area contributed by atoms with Crippen LogP contribution in [0.1, 0.15) is 18.9 Å². The molecule has 0 aliphatic rings. The van der Waals surface area contributed by atoms with Crippen molar-refractivity contribution >= 4 is 11.6 Å². The molecule has 0 radical (unpaired) electrons. The molecule has 0 aromatic heterocycles. The number of amides is 1. The molecule has 1 aromatic carbocycles. The summed E-state index contributed by atoms with van der Waals surface area (Å²) in [5, 5.41) is 2.71. The first-order valence-electron chi connectivity index (χ1n) is 5.60. The van der Waals surface area contributed by atoms with Crippen LogP contribution in [-0.2, 0) is 4.79 Å². The van der Waals surface area contributed by atoms with Gasteiger partial charge in [0.2, 0.25) is 5.91 Å². The maximum absolute atomic E-state index is 10.6. The van der Waals surface area contributed by atoms with Gasteiger partial charge >= 0.3 is 0 Å². The Morgan fingerprint density at radius 2 is 1.94 bits per heavy atom. The predicted molar refractivity (Wildman–Crippen MR) is 70.9 cm³/mol. The molecule has 17 heavy (non-hydrogen) atoms. The lowest BCUT2D eigenvalue weighted by Gasteiger charge is -2.11. The van der Waals surface area contributed by atoms with Gasteiger partial charge in [0.25, 0.3) is 0 Å². The molecule has 0 spiro atoms. The quantitative estimate of drug-likeness (QED) is 0.632. The van der Waals surface area contributed by atoms with Gasteiger partial charge < -0.3 is 10.2 Å². The lowest BCUT2D eigenvalue weighted by Crippen LogP contribution is -2.20. The Morgan fingerprint density at radius 3 is 2.47 bits per heavy atom. The second-order valence-corrected chi connectivity index (χ2v) is 3.98. The van der Waals surface area contributed by atoms with Crippen LogP contribution in [0.4, 0.5) is 5.69 Å². The van der Waals surface area contributed by atoms with E-state index in [-0.39, 0.29) is 5.91 Å². The van der Waals surface area contributed by atoms with Crippen LogP contribution in [0, 0.1) is 11.8 Å². The zero-order chi connectivity index (χ0) is 12.7. The number of anilines is 1. The van der Waals surface area contributed by atoms with Gasteiger partial charge in [-0.1, -0.05) is 11.8 Å². The fourth-order valence-corrected chi connectivity index (χ4v) is 1.31. The van der Waals surface area contributed by atoms with Gasteiger partial charge in [0, 0.05) is 45.2 Å². The molecule has 0 bridgehead atoms. The van der Waals surface area contributed by atoms with E-state index in [1.54, 1.807) is 0 Å². The standard InChI is InChI=1S/C14H18N2O/c1-12(17)15-11-5-4-6-13-7-9-14(10-8-13)16(2)3/h7-10H,5,11H2,1-3H3,(H,15,17). The van der Waals surface area contributed by atoms with Crippen molar-refractivity contribution in [2.24, 2.45) is 0 Å². The molecule has 0 aliphatic carbocycles. The molecule has 3 nitrogen and oxygen atoms in total. The van der Waals surface area contributed by atoms with E-state index >= 15 is 0 Å². The van der Waals surface area contributed by atoms with Gasteiger partial charge in [0.1, 0.15) is 0 Å². The molecule has 1 N–H and O–H groups in total. The minimum Gasteiger partial charge on any atom is -0.378 e. The molecule has 90 valence electrons. The minimum atomic E-state index is -0.0119. The maximum atomic E-state index is 10.6. The second-order valence-electron chi connectivity index (χ2n) is 3.98. The van der Waals surface area contributed by atoms with E-state index in [1.807, 2.05) is 43.3 Å². The lowest BCUT2D eigenvalue weighted by atomic mass is 10.2. The van der Waals surface area contributed by atoms with Crippen molar-refractivity contribution in [1.29, 1.82) is 0 Å². The van der Waals surface area contributed by atoms with E-state index in [4.69, 9.17) is 0 Å². The van der Waals surface area contributed by atoms with Crippen LogP contribution >= 0.6 is 0 Å². The third-order valence-electron chi connectivity index (χ3n) is 2.24. The fourth-order valence-electron chi connectivity index (χ4n) is 1.31. The number of benzene rings is 1. The number of hydrogen-bond donors (Lipinski definition) is 1. The topological polar surface area (TPSA) is 32.3 Å². The van der Waals surface area contributed by atoms with Crippen molar-refractivity contribution < 1.29 is 4.79 Å². The van der Waals surface area contributed by atoms with Crippen LogP contribution < -0.4 is 10.2 Å². The summed E-state index contributed by atoms with van der Waals surface area (Å²) in [5.41, 5.74) is 2.16. The zero-order valence-electron chi connectivity index (χ0n) is 10.6. The van der Waals surface area contributed by atoms with E-state index in [0.29, 0.717) is 13.0 Å². The Kier molecular flexibility index (Phi) is 5.09. The largest absolute Gasteiger partial charge is 0.378 e. The third kappa shape index (κ3) is 5.07. The number of carbonyl (C=O) groups is 1. The van der Waals surface area contributed by atoms with Gasteiger partial charge in [0.15, 0.2) is 0 Å². The molecular formula is C14H18N2O. The molecule has 0 saturated heterocycles. The average Bonchev–Trinajstić information content (AvgIpc) is 2.29. The highest BCUT2D eigenvalue weighted by Crippen LogP contribution is 2.11. The van der Waals surface area contributed by atoms with E-state index in [9.17, 15) is 4.79 Å². The summed E-state index contributed by atoms with van der Waals surface area (Å²) in [7, 11) is 4.02. The number of nitrogens with zero attached hydrogens (tertiary/aromatic N) is 1. The summed E-state index contributed by atoms with van der Waals surface area (Å²) in [5.74, 6) is 6.08. The highest BCUT2D eigenvalue weighted by atomic mass is 16.1. The van der Waals surface area contributed by atoms with Gasteiger partial charge in [-0.3, -0.25) is 4.79 Å². The highest BCUT2D eigenvalue weighted by molar-refractivity contribution is 5.72. The summed E-state index contributed by atoms with van der Waals surface area (Å²) >= 11 is 0. The molecule has 0 aliphatic heterocycles. The Bertz CT molecular complexity index is 424. The van der Waals surface area contributed by atoms with Gasteiger partial charge in [0.05, 0.1) is 0 Å². The first-order chi connectivity index (χ1) is 8.09. The molecule has 0 fully saturated rings. The minimum absolute atomic E-state index is 0.0119. The molecule has 1 rings (SSSR count). The van der Waals surface area contributed by atoms with Gasteiger partial charge in [-0.2, -0.15) is 0 Å². The molecule has 0 saturated carbocycles. The first-order valence-corrected chi connectivity index (χ1v) is 5.60. The number of carbonyl (C=O) groups excluding carboxylic acids is 1. The number of hydrogen-bond acceptors (Lipinski definition) is 2. The van der Waals surface area contributed by atoms with Gasteiger partial charge in [-0.25, -0.2) is 0 Å². The molecule has 1 aromatic rings. The smallest absolute Gasteiger partial charge is 0.216 e. The SMILES string of the molecule is CC(=O)NCCC#Cc1ccc(N(C)C)cc1. The molecular weight excluding hydrogens is 212 g/mol. The lowest BCUT2D eigenvalue weighted by molar-refractivity contribution is -0.118. The van der Waals surface area contributed by atoms with Gasteiger partial charge in [-0.05, 0) is 24.3 Å². The zero-order valence-corrected chi connectivity index (χ0v) is 10.6. The summed E-state index contributed by atoms with van der Waals surface area (Å²) in [6, 6.07) is 8.08. The average molecular weight is 230 g/mol. The molecule has 0 atom stereocenters. The van der Waals surface area contributed by atoms with Crippen molar-refractivity contribution in [3.8, 4) is 11.8 Å². The highest BCUT2D eigenvalue weighted by Gasteiger charge is 1.93. The third-order valence-corrected chi connectivity index (χ3v) is 2.24. The number of nitrogens with one attached hydrogen (secondary N) is 1. The van der Waals surface area contributed by atoms with Crippen LogP contribution in [0.5, 0.6) is 0 Å². The summed E-state index contributed by atoms with van der Waals surface area (Å²) in [4.78, 5) is 12.7. The van der Waals surface area contributed by atoms with E-state index in [2.05, 4.69) is 17.2 Å². The van der Waals surface area contributed by atoms with Crippen LogP contribution in [0.25, 0.3) is 0 Å². The van der Waals surface area contributed by atoms with Crippen LogP contribution in [0.2, 0.25) is 0 Å². The van der Waals surface area contributed by atoms with Crippen LogP contribution in [0.15, 0.2) is 24.3 Å². The first kappa shape index (κ1) is 13.1. The van der Waals surface area contributed by atoms with E-state index in [1.165, 1.54) is 6.92 Å². The van der Waals surface area contributed by atoms with Crippen LogP contribution in [-0.4, -0.2) is 26.5 Å². The van der Waals surface area contributed by atoms with Crippen molar-refractivity contribution in [3.05, 3.63) is 29.8 Å². The van der Waals surface area contributed by atoms with Gasteiger partial charge in [-0.15, -0.1) is 0 Å². The van der Waals surface area contributed by atoms with Crippen LogP contribution in [0.3, 0.4) is 0 Å². The second kappa shape index (κ2) is 6.59. The molecule has 1 amide bonds. The number of rotatable bonds is 3.